The van der Waals surface area contributed by atoms with Gasteiger partial charge in [-0.15, -0.1) is 0 Å². The lowest BCUT2D eigenvalue weighted by Gasteiger charge is -2.33. The average Bonchev–Trinajstić information content (AvgIpc) is 2.73. The Morgan fingerprint density at radius 3 is 2.55 bits per heavy atom. The van der Waals surface area contributed by atoms with Crippen molar-refractivity contribution in [1.82, 2.24) is 9.80 Å². The van der Waals surface area contributed by atoms with Gasteiger partial charge < -0.3 is 0 Å². The molecule has 0 spiro atoms. The fourth-order valence-electron chi connectivity index (χ4n) is 2.94. The largest absolute Gasteiger partial charge is 0.281 e. The molecule has 7 heteroatoms. The molecule has 0 aliphatic carbocycles. The molecule has 0 aromatic heterocycles. The first-order valence-corrected chi connectivity index (χ1v) is 6.98. The van der Waals surface area contributed by atoms with Crippen LogP contribution in [0.15, 0.2) is 18.2 Å². The number of piperidine rings is 1. The summed E-state index contributed by atoms with van der Waals surface area (Å²) in [5.74, 6) is -3.21. The highest BCUT2D eigenvalue weighted by Gasteiger charge is 2.47. The van der Waals surface area contributed by atoms with Crippen LogP contribution in [0, 0.1) is 5.82 Å². The van der Waals surface area contributed by atoms with E-state index in [1.807, 2.05) is 0 Å². The highest BCUT2D eigenvalue weighted by Crippen LogP contribution is 2.30. The van der Waals surface area contributed by atoms with E-state index in [1.165, 1.54) is 12.1 Å². The van der Waals surface area contributed by atoms with Crippen LogP contribution < -0.4 is 0 Å². The Morgan fingerprint density at radius 2 is 1.91 bits per heavy atom. The van der Waals surface area contributed by atoms with Crippen LogP contribution in [0.4, 0.5) is 4.39 Å². The van der Waals surface area contributed by atoms with Crippen LogP contribution in [-0.4, -0.2) is 46.0 Å². The quantitative estimate of drug-likeness (QED) is 0.763. The van der Waals surface area contributed by atoms with Gasteiger partial charge >= 0.3 is 0 Å². The van der Waals surface area contributed by atoms with E-state index in [4.69, 9.17) is 0 Å². The molecule has 1 fully saturated rings. The van der Waals surface area contributed by atoms with Crippen molar-refractivity contribution in [2.24, 2.45) is 0 Å². The lowest BCUT2D eigenvalue weighted by Crippen LogP contribution is -2.55. The molecular formula is C15H13FN2O4. The van der Waals surface area contributed by atoms with Gasteiger partial charge in [0.2, 0.25) is 5.91 Å². The predicted molar refractivity (Wildman–Crippen MR) is 72.3 cm³/mol. The molecule has 0 N–H and O–H groups in total. The van der Waals surface area contributed by atoms with Crippen LogP contribution in [0.25, 0.3) is 0 Å². The third-order valence-electron chi connectivity index (χ3n) is 4.01. The van der Waals surface area contributed by atoms with E-state index < -0.39 is 29.6 Å². The molecule has 1 atom stereocenters. The highest BCUT2D eigenvalue weighted by atomic mass is 19.1. The van der Waals surface area contributed by atoms with E-state index >= 15 is 0 Å². The molecule has 114 valence electrons. The van der Waals surface area contributed by atoms with Gasteiger partial charge in [-0.05, 0) is 25.5 Å². The van der Waals surface area contributed by atoms with Gasteiger partial charge in [-0.1, -0.05) is 6.07 Å². The van der Waals surface area contributed by atoms with Crippen molar-refractivity contribution in [2.45, 2.75) is 25.8 Å². The van der Waals surface area contributed by atoms with Crippen molar-refractivity contribution in [2.75, 3.05) is 6.54 Å². The molecule has 1 unspecified atom stereocenters. The third kappa shape index (κ3) is 1.85. The number of amides is 4. The monoisotopic (exact) mass is 304 g/mol. The molecule has 22 heavy (non-hydrogen) atoms. The van der Waals surface area contributed by atoms with Crippen LogP contribution in [0.5, 0.6) is 0 Å². The summed E-state index contributed by atoms with van der Waals surface area (Å²) in [6.07, 6.45) is 0.140. The minimum absolute atomic E-state index is 0.0438. The second kappa shape index (κ2) is 5.01. The van der Waals surface area contributed by atoms with Gasteiger partial charge in [0.25, 0.3) is 17.7 Å². The molecule has 1 saturated heterocycles. The van der Waals surface area contributed by atoms with Gasteiger partial charge in [0, 0.05) is 13.0 Å². The van der Waals surface area contributed by atoms with Crippen LogP contribution in [-0.2, 0) is 9.59 Å². The topological polar surface area (TPSA) is 74.8 Å². The summed E-state index contributed by atoms with van der Waals surface area (Å²) in [7, 11) is 0. The number of fused-ring (bicyclic) bond motifs is 1. The molecule has 1 aromatic carbocycles. The summed E-state index contributed by atoms with van der Waals surface area (Å²) >= 11 is 0. The van der Waals surface area contributed by atoms with Crippen molar-refractivity contribution in [1.29, 1.82) is 0 Å². The fourth-order valence-corrected chi connectivity index (χ4v) is 2.94. The first kappa shape index (κ1) is 14.4. The summed E-state index contributed by atoms with van der Waals surface area (Å²) < 4.78 is 13.8. The zero-order valence-corrected chi connectivity index (χ0v) is 11.8. The Balaban J connectivity index is 1.99. The summed E-state index contributed by atoms with van der Waals surface area (Å²) in [6.45, 7) is 1.81. The van der Waals surface area contributed by atoms with E-state index in [1.54, 1.807) is 6.92 Å². The number of rotatable bonds is 2. The first-order valence-electron chi connectivity index (χ1n) is 6.98. The van der Waals surface area contributed by atoms with Crippen molar-refractivity contribution in [3.63, 3.8) is 0 Å². The minimum Gasteiger partial charge on any atom is -0.281 e. The average molecular weight is 304 g/mol. The first-order chi connectivity index (χ1) is 10.5. The van der Waals surface area contributed by atoms with Crippen LogP contribution in [0.2, 0.25) is 0 Å². The van der Waals surface area contributed by atoms with Gasteiger partial charge in [-0.2, -0.15) is 0 Å². The molecule has 6 nitrogen and oxygen atoms in total. The summed E-state index contributed by atoms with van der Waals surface area (Å²) in [4.78, 5) is 50.6. The Kier molecular flexibility index (Phi) is 3.27. The maximum atomic E-state index is 13.8. The number of nitrogens with zero attached hydrogens (tertiary/aromatic N) is 2. The Morgan fingerprint density at radius 1 is 1.18 bits per heavy atom. The smallest absolute Gasteiger partial charge is 0.265 e. The van der Waals surface area contributed by atoms with Gasteiger partial charge in [0.05, 0.1) is 11.1 Å². The number of likely N-dealkylation sites (tertiary alicyclic amines) is 1. The van der Waals surface area contributed by atoms with E-state index in [9.17, 15) is 23.6 Å². The second-order valence-electron chi connectivity index (χ2n) is 5.17. The number of imide groups is 2. The normalized spacial score (nSPS) is 21.6. The highest BCUT2D eigenvalue weighted by molar-refractivity contribution is 6.23. The Hall–Kier alpha value is -2.57. The SMILES string of the molecule is CCN1C(=O)CCC(N2C(=O)c3cccc(F)c3C2=O)C1=O. The van der Waals surface area contributed by atoms with E-state index in [0.717, 1.165) is 15.9 Å². The third-order valence-corrected chi connectivity index (χ3v) is 4.01. The van der Waals surface area contributed by atoms with Crippen LogP contribution in [0.3, 0.4) is 0 Å². The molecule has 1 aromatic rings. The van der Waals surface area contributed by atoms with Crippen LogP contribution in [0.1, 0.15) is 40.5 Å². The number of benzene rings is 1. The number of halogens is 1. The predicted octanol–water partition coefficient (Wildman–Crippen LogP) is 0.959. The molecule has 4 amide bonds. The molecular weight excluding hydrogens is 291 g/mol. The Labute approximate surface area is 125 Å². The molecule has 0 bridgehead atoms. The van der Waals surface area contributed by atoms with Gasteiger partial charge in [0.15, 0.2) is 0 Å². The Bertz CT molecular complexity index is 715. The zero-order chi connectivity index (χ0) is 16.0. The van der Waals surface area contributed by atoms with Gasteiger partial charge in [-0.3, -0.25) is 29.0 Å². The maximum Gasteiger partial charge on any atom is 0.265 e. The van der Waals surface area contributed by atoms with E-state index in [2.05, 4.69) is 0 Å². The van der Waals surface area contributed by atoms with Gasteiger partial charge in [-0.25, -0.2) is 4.39 Å². The lowest BCUT2D eigenvalue weighted by molar-refractivity contribution is -0.151. The van der Waals surface area contributed by atoms with Crippen molar-refractivity contribution in [3.8, 4) is 0 Å². The van der Waals surface area contributed by atoms with Crippen molar-refractivity contribution >= 4 is 23.6 Å². The number of carbonyl (C=O) groups is 4. The molecule has 0 radical (unpaired) electrons. The van der Waals surface area contributed by atoms with Gasteiger partial charge in [0.1, 0.15) is 11.9 Å². The fraction of sp³-hybridized carbons (Fsp3) is 0.333. The number of carbonyl (C=O) groups excluding carboxylic acids is 4. The number of likely N-dealkylation sites (N-methyl/N-ethyl adjacent to an activating group) is 1. The molecule has 2 heterocycles. The number of hydrogen-bond acceptors (Lipinski definition) is 4. The minimum atomic E-state index is -1.05. The molecule has 2 aliphatic heterocycles. The van der Waals surface area contributed by atoms with Crippen molar-refractivity contribution in [3.05, 3.63) is 35.1 Å². The molecule has 0 saturated carbocycles. The summed E-state index contributed by atoms with van der Waals surface area (Å²) in [5.41, 5.74) is -0.349. The van der Waals surface area contributed by atoms with E-state index in [0.29, 0.717) is 0 Å². The lowest BCUT2D eigenvalue weighted by atomic mass is 10.0. The number of hydrogen-bond donors (Lipinski definition) is 0. The second-order valence-corrected chi connectivity index (χ2v) is 5.17. The summed E-state index contributed by atoms with van der Waals surface area (Å²) in [5, 5.41) is 0. The zero-order valence-electron chi connectivity index (χ0n) is 11.8. The van der Waals surface area contributed by atoms with Crippen LogP contribution >= 0.6 is 0 Å². The standard InChI is InChI=1S/C15H13FN2O4/c1-2-17-11(19)7-6-10(14(17)21)18-13(20)8-4-3-5-9(16)12(8)15(18)22/h3-5,10H,2,6-7H2,1H3. The molecule has 2 aliphatic rings. The summed E-state index contributed by atoms with van der Waals surface area (Å²) in [6, 6.07) is 2.74. The molecule has 3 rings (SSSR count). The van der Waals surface area contributed by atoms with Crippen molar-refractivity contribution < 1.29 is 23.6 Å². The maximum absolute atomic E-state index is 13.8. The van der Waals surface area contributed by atoms with E-state index in [-0.39, 0.29) is 36.4 Å².